The molecule has 0 spiro atoms. The molecule has 0 aromatic carbocycles. The maximum Gasteiger partial charge on any atom is 0.191 e. The van der Waals surface area contributed by atoms with Gasteiger partial charge in [-0.15, -0.1) is 11.3 Å². The Kier molecular flexibility index (Phi) is 6.41. The van der Waals surface area contributed by atoms with Crippen molar-refractivity contribution in [3.63, 3.8) is 0 Å². The van der Waals surface area contributed by atoms with Crippen LogP contribution >= 0.6 is 11.3 Å². The molecule has 114 valence electrons. The number of guanidine groups is 1. The van der Waals surface area contributed by atoms with E-state index in [1.807, 2.05) is 13.8 Å². The predicted molar refractivity (Wildman–Crippen MR) is 84.1 cm³/mol. The minimum Gasteiger partial charge on any atom is -0.355 e. The molecule has 1 rings (SSSR count). The smallest absolute Gasteiger partial charge is 0.191 e. The van der Waals surface area contributed by atoms with Crippen LogP contribution in [-0.4, -0.2) is 44.5 Å². The van der Waals surface area contributed by atoms with Crippen molar-refractivity contribution in [1.29, 1.82) is 0 Å². The Morgan fingerprint density at radius 3 is 2.55 bits per heavy atom. The first-order valence-corrected chi connectivity index (χ1v) is 9.09. The van der Waals surface area contributed by atoms with Gasteiger partial charge in [0.2, 0.25) is 0 Å². The molecule has 6 nitrogen and oxygen atoms in total. The summed E-state index contributed by atoms with van der Waals surface area (Å²) < 4.78 is 22.8. The lowest BCUT2D eigenvalue weighted by Crippen LogP contribution is -2.39. The third kappa shape index (κ3) is 5.46. The molecular formula is C12H22N4O2S2. The average Bonchev–Trinajstić information content (AvgIpc) is 2.72. The van der Waals surface area contributed by atoms with Crippen molar-refractivity contribution < 1.29 is 8.42 Å². The first-order valence-electron chi connectivity index (χ1n) is 6.45. The quantitative estimate of drug-likeness (QED) is 0.600. The molecule has 0 bridgehead atoms. The fraction of sp³-hybridized carbons (Fsp3) is 0.667. The fourth-order valence-corrected chi connectivity index (χ4v) is 3.17. The molecule has 0 amide bonds. The van der Waals surface area contributed by atoms with Crippen LogP contribution in [0.5, 0.6) is 0 Å². The molecule has 0 unspecified atom stereocenters. The molecule has 0 saturated carbocycles. The summed E-state index contributed by atoms with van der Waals surface area (Å²) in [5.74, 6) is 0.880. The minimum absolute atomic E-state index is 0.114. The van der Waals surface area contributed by atoms with E-state index in [9.17, 15) is 8.42 Å². The van der Waals surface area contributed by atoms with Crippen LogP contribution in [0.25, 0.3) is 0 Å². The molecule has 0 aliphatic heterocycles. The normalized spacial score (nSPS) is 12.5. The van der Waals surface area contributed by atoms with Crippen molar-refractivity contribution in [2.75, 3.05) is 25.1 Å². The molecule has 0 radical (unpaired) electrons. The molecule has 1 aromatic rings. The number of aromatic nitrogens is 1. The molecule has 0 saturated heterocycles. The van der Waals surface area contributed by atoms with Gasteiger partial charge in [-0.3, -0.25) is 4.99 Å². The number of rotatable bonds is 6. The van der Waals surface area contributed by atoms with Crippen LogP contribution in [0.15, 0.2) is 4.99 Å². The summed E-state index contributed by atoms with van der Waals surface area (Å²) in [5.41, 5.74) is 1.02. The van der Waals surface area contributed by atoms with E-state index in [-0.39, 0.29) is 11.5 Å². The van der Waals surface area contributed by atoms with Crippen LogP contribution in [0.4, 0.5) is 0 Å². The highest BCUT2D eigenvalue weighted by molar-refractivity contribution is 7.91. The van der Waals surface area contributed by atoms with Crippen LogP contribution in [0, 0.1) is 13.8 Å². The van der Waals surface area contributed by atoms with E-state index >= 15 is 0 Å². The zero-order valence-electron chi connectivity index (χ0n) is 12.4. The molecule has 2 N–H and O–H groups in total. The van der Waals surface area contributed by atoms with Gasteiger partial charge < -0.3 is 10.6 Å². The summed E-state index contributed by atoms with van der Waals surface area (Å²) >= 11 is 1.65. The SMILES string of the molecule is CCS(=O)(=O)CCNC(=NC)NCc1sc(C)nc1C. The highest BCUT2D eigenvalue weighted by Gasteiger charge is 2.08. The van der Waals surface area contributed by atoms with Crippen molar-refractivity contribution in [3.05, 3.63) is 15.6 Å². The van der Waals surface area contributed by atoms with Crippen molar-refractivity contribution in [2.45, 2.75) is 27.3 Å². The zero-order chi connectivity index (χ0) is 15.2. The van der Waals surface area contributed by atoms with Gasteiger partial charge in [-0.2, -0.15) is 0 Å². The fourth-order valence-electron chi connectivity index (χ4n) is 1.59. The Morgan fingerprint density at radius 2 is 2.05 bits per heavy atom. The first-order chi connectivity index (χ1) is 9.38. The first kappa shape index (κ1) is 16.9. The van der Waals surface area contributed by atoms with Gasteiger partial charge in [0.25, 0.3) is 0 Å². The Morgan fingerprint density at radius 1 is 1.35 bits per heavy atom. The van der Waals surface area contributed by atoms with Gasteiger partial charge in [0.15, 0.2) is 15.8 Å². The molecule has 0 aliphatic rings. The Labute approximate surface area is 124 Å². The predicted octanol–water partition coefficient (Wildman–Crippen LogP) is 0.860. The highest BCUT2D eigenvalue weighted by Crippen LogP contribution is 2.16. The lowest BCUT2D eigenvalue weighted by atomic mass is 10.4. The Hall–Kier alpha value is -1.15. The number of aliphatic imine (C=N–C) groups is 1. The van der Waals surface area contributed by atoms with Crippen LogP contribution in [0.3, 0.4) is 0 Å². The Bertz CT molecular complexity index is 564. The van der Waals surface area contributed by atoms with Crippen molar-refractivity contribution >= 4 is 27.1 Å². The summed E-state index contributed by atoms with van der Waals surface area (Å²) in [5, 5.41) is 7.20. The van der Waals surface area contributed by atoms with E-state index in [1.54, 1.807) is 25.3 Å². The van der Waals surface area contributed by atoms with E-state index in [2.05, 4.69) is 20.6 Å². The van der Waals surface area contributed by atoms with E-state index in [4.69, 9.17) is 0 Å². The van der Waals surface area contributed by atoms with Gasteiger partial charge in [-0.25, -0.2) is 13.4 Å². The van der Waals surface area contributed by atoms with Crippen LogP contribution < -0.4 is 10.6 Å². The van der Waals surface area contributed by atoms with Gasteiger partial charge in [0.1, 0.15) is 0 Å². The second-order valence-corrected chi connectivity index (χ2v) is 8.09. The third-order valence-electron chi connectivity index (χ3n) is 2.78. The van der Waals surface area contributed by atoms with E-state index < -0.39 is 9.84 Å². The molecule has 0 fully saturated rings. The number of hydrogen-bond donors (Lipinski definition) is 2. The molecule has 20 heavy (non-hydrogen) atoms. The monoisotopic (exact) mass is 318 g/mol. The summed E-state index contributed by atoms with van der Waals surface area (Å²) in [6.45, 7) is 6.60. The zero-order valence-corrected chi connectivity index (χ0v) is 14.0. The number of aryl methyl sites for hydroxylation is 2. The second-order valence-electron chi connectivity index (χ2n) is 4.33. The van der Waals surface area contributed by atoms with Gasteiger partial charge >= 0.3 is 0 Å². The number of nitrogens with zero attached hydrogens (tertiary/aromatic N) is 2. The van der Waals surface area contributed by atoms with Gasteiger partial charge in [-0.1, -0.05) is 6.92 Å². The number of nitrogens with one attached hydrogen (secondary N) is 2. The van der Waals surface area contributed by atoms with Gasteiger partial charge in [-0.05, 0) is 13.8 Å². The van der Waals surface area contributed by atoms with E-state index in [0.717, 1.165) is 15.6 Å². The lowest BCUT2D eigenvalue weighted by Gasteiger charge is -2.11. The van der Waals surface area contributed by atoms with Crippen molar-refractivity contribution in [2.24, 2.45) is 4.99 Å². The van der Waals surface area contributed by atoms with Gasteiger partial charge in [0.05, 0.1) is 23.0 Å². The second kappa shape index (κ2) is 7.58. The lowest BCUT2D eigenvalue weighted by molar-refractivity contribution is 0.595. The number of sulfone groups is 1. The standard InChI is InChI=1S/C12H22N4O2S2/c1-5-20(17,18)7-6-14-12(13-4)15-8-11-9(2)16-10(3)19-11/h5-8H2,1-4H3,(H2,13,14,15). The van der Waals surface area contributed by atoms with Crippen molar-refractivity contribution in [3.8, 4) is 0 Å². The summed E-state index contributed by atoms with van der Waals surface area (Å²) in [6.07, 6.45) is 0. The van der Waals surface area contributed by atoms with Crippen molar-refractivity contribution in [1.82, 2.24) is 15.6 Å². The molecule has 0 aliphatic carbocycles. The molecular weight excluding hydrogens is 296 g/mol. The number of thiazole rings is 1. The highest BCUT2D eigenvalue weighted by atomic mass is 32.2. The van der Waals surface area contributed by atoms with Gasteiger partial charge in [0, 0.05) is 24.2 Å². The molecule has 0 atom stereocenters. The maximum absolute atomic E-state index is 11.4. The Balaban J connectivity index is 2.43. The molecule has 1 aromatic heterocycles. The number of hydrogen-bond acceptors (Lipinski definition) is 5. The summed E-state index contributed by atoms with van der Waals surface area (Å²) in [6, 6.07) is 0. The van der Waals surface area contributed by atoms with Crippen LogP contribution in [0.1, 0.15) is 22.5 Å². The third-order valence-corrected chi connectivity index (χ3v) is 5.56. The largest absolute Gasteiger partial charge is 0.355 e. The summed E-state index contributed by atoms with van der Waals surface area (Å²) in [7, 11) is -1.29. The minimum atomic E-state index is -2.95. The molecule has 1 heterocycles. The maximum atomic E-state index is 11.4. The van der Waals surface area contributed by atoms with Crippen LogP contribution in [-0.2, 0) is 16.4 Å². The molecule has 8 heteroatoms. The van der Waals surface area contributed by atoms with Crippen LogP contribution in [0.2, 0.25) is 0 Å². The van der Waals surface area contributed by atoms with E-state index in [0.29, 0.717) is 19.0 Å². The topological polar surface area (TPSA) is 83.5 Å². The van der Waals surface area contributed by atoms with E-state index in [1.165, 1.54) is 0 Å². The average molecular weight is 318 g/mol. The summed E-state index contributed by atoms with van der Waals surface area (Å²) in [4.78, 5) is 9.59.